The van der Waals surface area contributed by atoms with Crippen molar-refractivity contribution < 1.29 is 4.79 Å². The van der Waals surface area contributed by atoms with Crippen LogP contribution in [0.3, 0.4) is 0 Å². The van der Waals surface area contributed by atoms with Gasteiger partial charge in [-0.15, -0.1) is 12.4 Å². The number of amides is 1. The van der Waals surface area contributed by atoms with Crippen molar-refractivity contribution in [3.05, 3.63) is 34.9 Å². The summed E-state index contributed by atoms with van der Waals surface area (Å²) in [6.07, 6.45) is 6.24. The standard InChI is InChI=1S/C16H24N2O.ClH/c1-12(18-16(19)7-4-10-17)14-9-8-13-5-2-3-6-15(13)11-14;/h8-9,11-12H,2-7,10,17H2,1H3,(H,18,19);1H. The summed E-state index contributed by atoms with van der Waals surface area (Å²) >= 11 is 0. The number of carbonyl (C=O) groups is 1. The molecule has 0 aliphatic heterocycles. The van der Waals surface area contributed by atoms with Crippen molar-refractivity contribution in [2.45, 2.75) is 51.5 Å². The van der Waals surface area contributed by atoms with Gasteiger partial charge in [0.15, 0.2) is 0 Å². The zero-order valence-corrected chi connectivity index (χ0v) is 13.0. The maximum absolute atomic E-state index is 11.7. The number of hydrogen-bond donors (Lipinski definition) is 2. The molecule has 0 spiro atoms. The molecule has 1 aliphatic rings. The molecule has 0 aromatic heterocycles. The van der Waals surface area contributed by atoms with E-state index in [9.17, 15) is 4.79 Å². The number of halogens is 1. The first-order valence-corrected chi connectivity index (χ1v) is 7.32. The maximum atomic E-state index is 11.7. The van der Waals surface area contributed by atoms with Gasteiger partial charge in [-0.1, -0.05) is 18.2 Å². The minimum atomic E-state index is 0. The normalized spacial score (nSPS) is 14.9. The Kier molecular flexibility index (Phi) is 7.03. The molecule has 1 aromatic carbocycles. The van der Waals surface area contributed by atoms with Crippen LogP contribution in [-0.2, 0) is 17.6 Å². The summed E-state index contributed by atoms with van der Waals surface area (Å²) in [5.74, 6) is 0.0932. The van der Waals surface area contributed by atoms with E-state index < -0.39 is 0 Å². The highest BCUT2D eigenvalue weighted by Gasteiger charge is 2.13. The Morgan fingerprint density at radius 3 is 2.70 bits per heavy atom. The number of aryl methyl sites for hydroxylation is 2. The van der Waals surface area contributed by atoms with Gasteiger partial charge in [-0.3, -0.25) is 4.79 Å². The van der Waals surface area contributed by atoms with E-state index in [2.05, 4.69) is 23.5 Å². The van der Waals surface area contributed by atoms with Gasteiger partial charge in [0.25, 0.3) is 0 Å². The minimum Gasteiger partial charge on any atom is -0.350 e. The topological polar surface area (TPSA) is 55.1 Å². The molecule has 0 bridgehead atoms. The van der Waals surface area contributed by atoms with Crippen LogP contribution in [0.5, 0.6) is 0 Å². The van der Waals surface area contributed by atoms with Crippen molar-refractivity contribution in [1.29, 1.82) is 0 Å². The minimum absolute atomic E-state index is 0. The van der Waals surface area contributed by atoms with Crippen molar-refractivity contribution in [3.8, 4) is 0 Å². The number of nitrogens with two attached hydrogens (primary N) is 1. The van der Waals surface area contributed by atoms with E-state index in [4.69, 9.17) is 5.73 Å². The highest BCUT2D eigenvalue weighted by molar-refractivity contribution is 5.85. The van der Waals surface area contributed by atoms with Gasteiger partial charge in [-0.2, -0.15) is 0 Å². The second-order valence-corrected chi connectivity index (χ2v) is 5.42. The molecule has 1 aliphatic carbocycles. The molecule has 0 fully saturated rings. The molecular formula is C16H25ClN2O. The fourth-order valence-electron chi connectivity index (χ4n) is 2.68. The quantitative estimate of drug-likeness (QED) is 0.878. The molecule has 20 heavy (non-hydrogen) atoms. The molecule has 2 rings (SSSR count). The number of fused-ring (bicyclic) bond motifs is 1. The highest BCUT2D eigenvalue weighted by atomic mass is 35.5. The monoisotopic (exact) mass is 296 g/mol. The predicted octanol–water partition coefficient (Wildman–Crippen LogP) is 2.90. The first kappa shape index (κ1) is 17.0. The first-order valence-electron chi connectivity index (χ1n) is 7.32. The number of rotatable bonds is 5. The van der Waals surface area contributed by atoms with Crippen molar-refractivity contribution in [1.82, 2.24) is 5.32 Å². The van der Waals surface area contributed by atoms with Gasteiger partial charge >= 0.3 is 0 Å². The first-order chi connectivity index (χ1) is 9.20. The summed E-state index contributed by atoms with van der Waals surface area (Å²) in [5, 5.41) is 3.04. The maximum Gasteiger partial charge on any atom is 0.220 e. The fraction of sp³-hybridized carbons (Fsp3) is 0.562. The van der Waals surface area contributed by atoms with E-state index in [1.165, 1.54) is 42.4 Å². The van der Waals surface area contributed by atoms with E-state index >= 15 is 0 Å². The molecule has 0 heterocycles. The Morgan fingerprint density at radius 1 is 1.30 bits per heavy atom. The van der Waals surface area contributed by atoms with E-state index in [0.717, 1.165) is 6.42 Å². The smallest absolute Gasteiger partial charge is 0.220 e. The zero-order chi connectivity index (χ0) is 13.7. The largest absolute Gasteiger partial charge is 0.350 e. The Balaban J connectivity index is 0.00000200. The van der Waals surface area contributed by atoms with Gasteiger partial charge in [0.1, 0.15) is 0 Å². The lowest BCUT2D eigenvalue weighted by Crippen LogP contribution is -2.27. The molecule has 4 heteroatoms. The van der Waals surface area contributed by atoms with Crippen LogP contribution in [0.1, 0.15) is 55.3 Å². The Morgan fingerprint density at radius 2 is 2.00 bits per heavy atom. The molecule has 0 saturated heterocycles. The Labute approximate surface area is 127 Å². The molecule has 1 amide bonds. The molecule has 112 valence electrons. The van der Waals surface area contributed by atoms with Gasteiger partial charge in [-0.05, 0) is 62.3 Å². The third-order valence-corrected chi connectivity index (χ3v) is 3.86. The summed E-state index contributed by atoms with van der Waals surface area (Å²) < 4.78 is 0. The molecule has 0 saturated carbocycles. The molecule has 3 nitrogen and oxygen atoms in total. The van der Waals surface area contributed by atoms with Crippen molar-refractivity contribution >= 4 is 18.3 Å². The van der Waals surface area contributed by atoms with E-state index in [1.807, 2.05) is 6.92 Å². The average molecular weight is 297 g/mol. The third-order valence-electron chi connectivity index (χ3n) is 3.86. The van der Waals surface area contributed by atoms with Gasteiger partial charge in [-0.25, -0.2) is 0 Å². The summed E-state index contributed by atoms with van der Waals surface area (Å²) in [7, 11) is 0. The Bertz CT molecular complexity index is 448. The molecule has 1 unspecified atom stereocenters. The molecule has 1 aromatic rings. The van der Waals surface area contributed by atoms with Crippen LogP contribution in [0.2, 0.25) is 0 Å². The zero-order valence-electron chi connectivity index (χ0n) is 12.2. The average Bonchev–Trinajstić information content (AvgIpc) is 2.44. The lowest BCUT2D eigenvalue weighted by Gasteiger charge is -2.20. The summed E-state index contributed by atoms with van der Waals surface area (Å²) in [5.41, 5.74) is 9.57. The molecule has 1 atom stereocenters. The van der Waals surface area contributed by atoms with Gasteiger partial charge in [0, 0.05) is 6.42 Å². The summed E-state index contributed by atoms with van der Waals surface area (Å²) in [6.45, 7) is 2.62. The fourth-order valence-corrected chi connectivity index (χ4v) is 2.68. The van der Waals surface area contributed by atoms with Crippen LogP contribution in [-0.4, -0.2) is 12.5 Å². The molecular weight excluding hydrogens is 272 g/mol. The summed E-state index contributed by atoms with van der Waals surface area (Å²) in [4.78, 5) is 11.7. The number of hydrogen-bond acceptors (Lipinski definition) is 2. The van der Waals surface area contributed by atoms with E-state index in [-0.39, 0.29) is 24.4 Å². The lowest BCUT2D eigenvalue weighted by atomic mass is 9.89. The van der Waals surface area contributed by atoms with Crippen LogP contribution < -0.4 is 11.1 Å². The predicted molar refractivity (Wildman–Crippen MR) is 85.2 cm³/mol. The Hall–Kier alpha value is -1.06. The summed E-state index contributed by atoms with van der Waals surface area (Å²) in [6, 6.07) is 6.73. The number of carbonyl (C=O) groups excluding carboxylic acids is 1. The van der Waals surface area contributed by atoms with Crippen LogP contribution in [0, 0.1) is 0 Å². The molecule has 3 N–H and O–H groups in total. The van der Waals surface area contributed by atoms with Crippen LogP contribution >= 0.6 is 12.4 Å². The van der Waals surface area contributed by atoms with Gasteiger partial charge in [0.2, 0.25) is 5.91 Å². The SMILES string of the molecule is CC(NC(=O)CCCN)c1ccc2c(c1)CCCC2.Cl. The van der Waals surface area contributed by atoms with Gasteiger partial charge in [0.05, 0.1) is 6.04 Å². The number of benzene rings is 1. The third kappa shape index (κ3) is 4.50. The van der Waals surface area contributed by atoms with Crippen LogP contribution in [0.25, 0.3) is 0 Å². The highest BCUT2D eigenvalue weighted by Crippen LogP contribution is 2.24. The molecule has 0 radical (unpaired) electrons. The van der Waals surface area contributed by atoms with Crippen molar-refractivity contribution in [3.63, 3.8) is 0 Å². The van der Waals surface area contributed by atoms with E-state index in [1.54, 1.807) is 0 Å². The second kappa shape index (κ2) is 8.28. The van der Waals surface area contributed by atoms with Gasteiger partial charge < -0.3 is 11.1 Å². The van der Waals surface area contributed by atoms with Crippen molar-refractivity contribution in [2.24, 2.45) is 5.73 Å². The second-order valence-electron chi connectivity index (χ2n) is 5.42. The lowest BCUT2D eigenvalue weighted by molar-refractivity contribution is -0.121. The van der Waals surface area contributed by atoms with Crippen molar-refractivity contribution in [2.75, 3.05) is 6.54 Å². The van der Waals surface area contributed by atoms with Crippen LogP contribution in [0.4, 0.5) is 0 Å². The number of nitrogens with one attached hydrogen (secondary N) is 1. The van der Waals surface area contributed by atoms with Crippen LogP contribution in [0.15, 0.2) is 18.2 Å². The van der Waals surface area contributed by atoms with E-state index in [0.29, 0.717) is 13.0 Å².